The van der Waals surface area contributed by atoms with E-state index < -0.39 is 0 Å². The Bertz CT molecular complexity index is 484. The number of rotatable bonds is 2. The van der Waals surface area contributed by atoms with Gasteiger partial charge in [0.15, 0.2) is 0 Å². The van der Waals surface area contributed by atoms with Gasteiger partial charge >= 0.3 is 0 Å². The van der Waals surface area contributed by atoms with E-state index in [-0.39, 0.29) is 5.88 Å². The van der Waals surface area contributed by atoms with Gasteiger partial charge < -0.3 is 4.52 Å². The summed E-state index contributed by atoms with van der Waals surface area (Å²) in [5.74, 6) is 1.22. The molecule has 0 amide bonds. The third-order valence-corrected chi connectivity index (χ3v) is 2.83. The number of hydrogen-bond acceptors (Lipinski definition) is 3. The minimum Gasteiger partial charge on any atom is -0.338 e. The summed E-state index contributed by atoms with van der Waals surface area (Å²) in [5, 5.41) is 3.85. The number of aryl methyl sites for hydroxylation is 1. The van der Waals surface area contributed by atoms with Crippen LogP contribution in [0.2, 0.25) is 0 Å². The predicted molar refractivity (Wildman–Crippen MR) is 61.7 cm³/mol. The lowest BCUT2D eigenvalue weighted by Gasteiger charge is -1.99. The lowest BCUT2D eigenvalue weighted by molar-refractivity contribution is 0.391. The third kappa shape index (κ3) is 2.21. The highest BCUT2D eigenvalue weighted by Crippen LogP contribution is 2.26. The van der Waals surface area contributed by atoms with E-state index in [0.29, 0.717) is 11.7 Å². The fourth-order valence-corrected chi connectivity index (χ4v) is 2.00. The van der Waals surface area contributed by atoms with Crippen molar-refractivity contribution in [3.05, 3.63) is 34.1 Å². The topological polar surface area (TPSA) is 38.9 Å². The molecule has 0 atom stereocenters. The highest BCUT2D eigenvalue weighted by Gasteiger charge is 2.10. The summed E-state index contributed by atoms with van der Waals surface area (Å²) >= 11 is 9.05. The van der Waals surface area contributed by atoms with Crippen molar-refractivity contribution in [3.8, 4) is 11.4 Å². The first-order valence-corrected chi connectivity index (χ1v) is 5.68. The maximum absolute atomic E-state index is 5.58. The van der Waals surface area contributed by atoms with Crippen LogP contribution in [0.3, 0.4) is 0 Å². The fraction of sp³-hybridized carbons (Fsp3) is 0.200. The highest BCUT2D eigenvalue weighted by atomic mass is 79.9. The van der Waals surface area contributed by atoms with Crippen LogP contribution in [0.4, 0.5) is 0 Å². The molecule has 0 radical (unpaired) electrons. The van der Waals surface area contributed by atoms with Crippen LogP contribution in [0.5, 0.6) is 0 Å². The summed E-state index contributed by atoms with van der Waals surface area (Å²) in [7, 11) is 0. The molecule has 0 aliphatic carbocycles. The van der Waals surface area contributed by atoms with Crippen molar-refractivity contribution in [2.24, 2.45) is 0 Å². The van der Waals surface area contributed by atoms with E-state index in [4.69, 9.17) is 16.1 Å². The van der Waals surface area contributed by atoms with Gasteiger partial charge in [0.25, 0.3) is 0 Å². The zero-order valence-corrected chi connectivity index (χ0v) is 10.3. The number of hydrogen-bond donors (Lipinski definition) is 0. The number of nitrogens with zero attached hydrogens (tertiary/aromatic N) is 2. The summed E-state index contributed by atoms with van der Waals surface area (Å²) in [6, 6.07) is 5.95. The van der Waals surface area contributed by atoms with Crippen LogP contribution >= 0.6 is 27.5 Å². The van der Waals surface area contributed by atoms with Crippen molar-refractivity contribution in [2.75, 3.05) is 0 Å². The van der Waals surface area contributed by atoms with Crippen molar-refractivity contribution in [1.29, 1.82) is 0 Å². The largest absolute Gasteiger partial charge is 0.338 e. The van der Waals surface area contributed by atoms with E-state index >= 15 is 0 Å². The monoisotopic (exact) mass is 286 g/mol. The molecule has 1 aromatic carbocycles. The third-order valence-electron chi connectivity index (χ3n) is 1.95. The minimum absolute atomic E-state index is 0.233. The molecule has 0 saturated carbocycles. The molecule has 3 nitrogen and oxygen atoms in total. The second-order valence-electron chi connectivity index (χ2n) is 3.13. The molecule has 2 aromatic rings. The van der Waals surface area contributed by atoms with Gasteiger partial charge in [-0.15, -0.1) is 11.6 Å². The maximum atomic E-state index is 5.58. The molecular weight excluding hydrogens is 279 g/mol. The zero-order chi connectivity index (χ0) is 10.8. The predicted octanol–water partition coefficient (Wildman–Crippen LogP) is 3.55. The first-order valence-electron chi connectivity index (χ1n) is 4.36. The number of alkyl halides is 1. The number of aromatic nitrogens is 2. The standard InChI is InChI=1S/C10H8BrClN2O/c1-6-2-3-7(8(11)4-6)10-13-9(5-12)15-14-10/h2-4H,5H2,1H3. The normalized spacial score (nSPS) is 10.6. The van der Waals surface area contributed by atoms with E-state index in [1.807, 2.05) is 25.1 Å². The number of benzene rings is 1. The van der Waals surface area contributed by atoms with Crippen molar-refractivity contribution in [2.45, 2.75) is 12.8 Å². The number of halogens is 2. The van der Waals surface area contributed by atoms with Gasteiger partial charge in [-0.25, -0.2) is 0 Å². The molecule has 1 heterocycles. The molecule has 0 spiro atoms. The van der Waals surface area contributed by atoms with Crippen LogP contribution in [0.1, 0.15) is 11.5 Å². The average molecular weight is 288 g/mol. The lowest BCUT2D eigenvalue weighted by Crippen LogP contribution is -1.84. The van der Waals surface area contributed by atoms with Crippen molar-refractivity contribution < 1.29 is 4.52 Å². The van der Waals surface area contributed by atoms with Crippen molar-refractivity contribution in [3.63, 3.8) is 0 Å². The SMILES string of the molecule is Cc1ccc(-c2noc(CCl)n2)c(Br)c1. The molecule has 15 heavy (non-hydrogen) atoms. The molecule has 0 fully saturated rings. The van der Waals surface area contributed by atoms with Crippen molar-refractivity contribution in [1.82, 2.24) is 10.1 Å². The Balaban J connectivity index is 2.44. The summed E-state index contributed by atoms with van der Waals surface area (Å²) in [6.07, 6.45) is 0. The highest BCUT2D eigenvalue weighted by molar-refractivity contribution is 9.10. The maximum Gasteiger partial charge on any atom is 0.241 e. The fourth-order valence-electron chi connectivity index (χ4n) is 1.22. The van der Waals surface area contributed by atoms with E-state index in [0.717, 1.165) is 10.0 Å². The van der Waals surface area contributed by atoms with E-state index in [1.54, 1.807) is 0 Å². The lowest BCUT2D eigenvalue weighted by atomic mass is 10.1. The van der Waals surface area contributed by atoms with Gasteiger partial charge in [0.05, 0.1) is 0 Å². The first kappa shape index (κ1) is 10.6. The molecule has 2 rings (SSSR count). The Morgan fingerprint density at radius 3 is 2.87 bits per heavy atom. The van der Waals surface area contributed by atoms with E-state index in [2.05, 4.69) is 26.1 Å². The van der Waals surface area contributed by atoms with Crippen LogP contribution < -0.4 is 0 Å². The van der Waals surface area contributed by atoms with Gasteiger partial charge in [0, 0.05) is 10.0 Å². The molecule has 1 aromatic heterocycles. The van der Waals surface area contributed by atoms with Gasteiger partial charge in [0.1, 0.15) is 5.88 Å². The molecule has 5 heteroatoms. The Morgan fingerprint density at radius 1 is 1.47 bits per heavy atom. The van der Waals surface area contributed by atoms with Gasteiger partial charge in [-0.05, 0) is 24.6 Å². The Kier molecular flexibility index (Phi) is 3.07. The molecular formula is C10H8BrClN2O. The molecule has 0 bridgehead atoms. The quantitative estimate of drug-likeness (QED) is 0.793. The van der Waals surface area contributed by atoms with E-state index in [1.165, 1.54) is 5.56 Å². The van der Waals surface area contributed by atoms with Crippen LogP contribution in [-0.2, 0) is 5.88 Å². The van der Waals surface area contributed by atoms with Crippen LogP contribution in [0.15, 0.2) is 27.2 Å². The summed E-state index contributed by atoms with van der Waals surface area (Å²) in [4.78, 5) is 4.15. The first-order chi connectivity index (χ1) is 7.20. The van der Waals surface area contributed by atoms with Gasteiger partial charge in [-0.1, -0.05) is 27.2 Å². The summed E-state index contributed by atoms with van der Waals surface area (Å²) in [6.45, 7) is 2.02. The van der Waals surface area contributed by atoms with Crippen LogP contribution in [-0.4, -0.2) is 10.1 Å². The minimum atomic E-state index is 0.233. The second-order valence-corrected chi connectivity index (χ2v) is 4.25. The summed E-state index contributed by atoms with van der Waals surface area (Å²) < 4.78 is 5.89. The summed E-state index contributed by atoms with van der Waals surface area (Å²) in [5.41, 5.74) is 2.08. The van der Waals surface area contributed by atoms with Gasteiger partial charge in [0.2, 0.25) is 11.7 Å². The smallest absolute Gasteiger partial charge is 0.241 e. The molecule has 0 N–H and O–H groups in total. The molecule has 0 aliphatic rings. The Morgan fingerprint density at radius 2 is 2.27 bits per heavy atom. The molecule has 0 unspecified atom stereocenters. The second kappa shape index (κ2) is 4.33. The van der Waals surface area contributed by atoms with Gasteiger partial charge in [-0.2, -0.15) is 4.98 Å². The van der Waals surface area contributed by atoms with E-state index in [9.17, 15) is 0 Å². The van der Waals surface area contributed by atoms with Crippen molar-refractivity contribution >= 4 is 27.5 Å². The Hall–Kier alpha value is -0.870. The van der Waals surface area contributed by atoms with Crippen LogP contribution in [0.25, 0.3) is 11.4 Å². The Labute approximate surface area is 101 Å². The average Bonchev–Trinajstić information content (AvgIpc) is 2.66. The zero-order valence-electron chi connectivity index (χ0n) is 8.00. The van der Waals surface area contributed by atoms with Gasteiger partial charge in [-0.3, -0.25) is 0 Å². The molecule has 78 valence electrons. The molecule has 0 aliphatic heterocycles. The van der Waals surface area contributed by atoms with Crippen LogP contribution in [0, 0.1) is 6.92 Å². The molecule has 0 saturated heterocycles.